The zero-order valence-corrected chi connectivity index (χ0v) is 17.0. The summed E-state index contributed by atoms with van der Waals surface area (Å²) >= 11 is 0. The Hall–Kier alpha value is -2.82. The first-order valence-corrected chi connectivity index (χ1v) is 9.79. The molecule has 1 fully saturated rings. The second-order valence-corrected chi connectivity index (χ2v) is 7.68. The van der Waals surface area contributed by atoms with E-state index in [-0.39, 0.29) is 18.4 Å². The lowest BCUT2D eigenvalue weighted by Crippen LogP contribution is -2.25. The van der Waals surface area contributed by atoms with E-state index in [4.69, 9.17) is 4.74 Å². The Morgan fingerprint density at radius 1 is 1.18 bits per heavy atom. The minimum Gasteiger partial charge on any atom is -0.483 e. The first kappa shape index (κ1) is 19.9. The number of benzene rings is 2. The van der Waals surface area contributed by atoms with Gasteiger partial charge in [0.15, 0.2) is 6.61 Å². The molecule has 0 unspecified atom stereocenters. The highest BCUT2D eigenvalue weighted by Crippen LogP contribution is 2.29. The van der Waals surface area contributed by atoms with E-state index in [2.05, 4.69) is 31.3 Å². The van der Waals surface area contributed by atoms with E-state index in [0.717, 1.165) is 41.1 Å². The molecule has 2 aromatic carbocycles. The van der Waals surface area contributed by atoms with Gasteiger partial charge in [0.05, 0.1) is 0 Å². The summed E-state index contributed by atoms with van der Waals surface area (Å²) in [7, 11) is 0. The SMILES string of the molecule is Cc1ccc(C(C)C)c(OCC(=O)Nc2ccc(N3CCCC3=O)c(C)c2)c1. The summed E-state index contributed by atoms with van der Waals surface area (Å²) < 4.78 is 5.80. The third kappa shape index (κ3) is 4.53. The molecule has 0 atom stereocenters. The summed E-state index contributed by atoms with van der Waals surface area (Å²) in [6.45, 7) is 8.88. The van der Waals surface area contributed by atoms with Crippen LogP contribution < -0.4 is 15.0 Å². The molecule has 1 N–H and O–H groups in total. The van der Waals surface area contributed by atoms with Crippen LogP contribution in [0.2, 0.25) is 0 Å². The van der Waals surface area contributed by atoms with Crippen LogP contribution in [0.5, 0.6) is 5.75 Å². The molecule has 2 amide bonds. The van der Waals surface area contributed by atoms with Crippen LogP contribution in [0.25, 0.3) is 0 Å². The first-order chi connectivity index (χ1) is 13.3. The van der Waals surface area contributed by atoms with Gasteiger partial charge >= 0.3 is 0 Å². The van der Waals surface area contributed by atoms with Gasteiger partial charge in [-0.1, -0.05) is 26.0 Å². The van der Waals surface area contributed by atoms with Crippen molar-refractivity contribution < 1.29 is 14.3 Å². The number of anilines is 2. The van der Waals surface area contributed by atoms with Crippen LogP contribution in [-0.2, 0) is 9.59 Å². The summed E-state index contributed by atoms with van der Waals surface area (Å²) in [6.07, 6.45) is 1.50. The largest absolute Gasteiger partial charge is 0.483 e. The van der Waals surface area contributed by atoms with Gasteiger partial charge in [0.2, 0.25) is 5.91 Å². The predicted molar refractivity (Wildman–Crippen MR) is 112 cm³/mol. The van der Waals surface area contributed by atoms with E-state index in [0.29, 0.717) is 18.0 Å². The highest BCUT2D eigenvalue weighted by Gasteiger charge is 2.23. The Morgan fingerprint density at radius 2 is 1.96 bits per heavy atom. The van der Waals surface area contributed by atoms with Crippen LogP contribution in [0.4, 0.5) is 11.4 Å². The molecule has 0 aliphatic carbocycles. The summed E-state index contributed by atoms with van der Waals surface area (Å²) in [4.78, 5) is 26.1. The number of hydrogen-bond acceptors (Lipinski definition) is 3. The standard InChI is InChI=1S/C23H28N2O3/c1-15(2)19-9-7-16(3)12-21(19)28-14-22(26)24-18-8-10-20(17(4)13-18)25-11-5-6-23(25)27/h7-10,12-13,15H,5-6,11,14H2,1-4H3,(H,24,26). The Morgan fingerprint density at radius 3 is 2.61 bits per heavy atom. The van der Waals surface area contributed by atoms with E-state index in [1.807, 2.05) is 43.0 Å². The van der Waals surface area contributed by atoms with Crippen LogP contribution in [0.1, 0.15) is 49.3 Å². The number of amides is 2. The van der Waals surface area contributed by atoms with Crippen molar-refractivity contribution in [3.8, 4) is 5.75 Å². The number of carbonyl (C=O) groups is 2. The molecule has 1 aliphatic heterocycles. The van der Waals surface area contributed by atoms with Gasteiger partial charge < -0.3 is 15.0 Å². The van der Waals surface area contributed by atoms with Crippen LogP contribution in [-0.4, -0.2) is 25.0 Å². The molecule has 28 heavy (non-hydrogen) atoms. The average molecular weight is 380 g/mol. The quantitative estimate of drug-likeness (QED) is 0.798. The number of nitrogens with zero attached hydrogens (tertiary/aromatic N) is 1. The van der Waals surface area contributed by atoms with Crippen molar-refractivity contribution in [1.29, 1.82) is 0 Å². The van der Waals surface area contributed by atoms with E-state index >= 15 is 0 Å². The van der Waals surface area contributed by atoms with Gasteiger partial charge in [-0.2, -0.15) is 0 Å². The van der Waals surface area contributed by atoms with Crippen molar-refractivity contribution in [1.82, 2.24) is 0 Å². The molecule has 1 saturated heterocycles. The second-order valence-electron chi connectivity index (χ2n) is 7.68. The number of ether oxygens (including phenoxy) is 1. The summed E-state index contributed by atoms with van der Waals surface area (Å²) in [5, 5.41) is 2.88. The van der Waals surface area contributed by atoms with Gasteiger partial charge in [0.25, 0.3) is 5.91 Å². The van der Waals surface area contributed by atoms with Crippen LogP contribution in [0.15, 0.2) is 36.4 Å². The van der Waals surface area contributed by atoms with Crippen LogP contribution in [0, 0.1) is 13.8 Å². The molecule has 0 saturated carbocycles. The maximum Gasteiger partial charge on any atom is 0.262 e. The van der Waals surface area contributed by atoms with Crippen molar-refractivity contribution in [2.24, 2.45) is 0 Å². The molecule has 5 heteroatoms. The smallest absolute Gasteiger partial charge is 0.262 e. The van der Waals surface area contributed by atoms with Gasteiger partial charge in [-0.05, 0) is 67.1 Å². The summed E-state index contributed by atoms with van der Waals surface area (Å²) in [6, 6.07) is 11.7. The monoisotopic (exact) mass is 380 g/mol. The maximum absolute atomic E-state index is 12.4. The van der Waals surface area contributed by atoms with Crippen molar-refractivity contribution in [2.75, 3.05) is 23.4 Å². The average Bonchev–Trinajstić information content (AvgIpc) is 3.05. The van der Waals surface area contributed by atoms with Crippen LogP contribution >= 0.6 is 0 Å². The molecule has 0 radical (unpaired) electrons. The highest BCUT2D eigenvalue weighted by molar-refractivity contribution is 5.97. The van der Waals surface area contributed by atoms with Crippen LogP contribution in [0.3, 0.4) is 0 Å². The minimum absolute atomic E-state index is 0.0470. The number of carbonyl (C=O) groups excluding carboxylic acids is 2. The fourth-order valence-corrected chi connectivity index (χ4v) is 3.52. The first-order valence-electron chi connectivity index (χ1n) is 9.79. The highest BCUT2D eigenvalue weighted by atomic mass is 16.5. The third-order valence-electron chi connectivity index (χ3n) is 4.99. The van der Waals surface area contributed by atoms with Crippen molar-refractivity contribution >= 4 is 23.2 Å². The lowest BCUT2D eigenvalue weighted by Gasteiger charge is -2.19. The Labute approximate surface area is 166 Å². The predicted octanol–water partition coefficient (Wildman–Crippen LogP) is 4.57. The fourth-order valence-electron chi connectivity index (χ4n) is 3.52. The number of rotatable bonds is 6. The molecule has 148 valence electrons. The molecule has 2 aromatic rings. The molecule has 1 heterocycles. The molecule has 5 nitrogen and oxygen atoms in total. The van der Waals surface area contributed by atoms with Crippen molar-refractivity contribution in [3.05, 3.63) is 53.1 Å². The van der Waals surface area contributed by atoms with Gasteiger partial charge in [0, 0.05) is 24.3 Å². The number of hydrogen-bond donors (Lipinski definition) is 1. The summed E-state index contributed by atoms with van der Waals surface area (Å²) in [5.74, 6) is 1.03. The molecule has 0 aromatic heterocycles. The zero-order valence-electron chi connectivity index (χ0n) is 17.0. The molecule has 1 aliphatic rings. The Bertz CT molecular complexity index is 889. The van der Waals surface area contributed by atoms with Gasteiger partial charge in [-0.25, -0.2) is 0 Å². The number of nitrogens with one attached hydrogen (secondary N) is 1. The Kier molecular flexibility index (Phi) is 6.02. The van der Waals surface area contributed by atoms with E-state index < -0.39 is 0 Å². The second kappa shape index (κ2) is 8.46. The number of aryl methyl sites for hydroxylation is 2. The molecule has 0 bridgehead atoms. The lowest BCUT2D eigenvalue weighted by molar-refractivity contribution is -0.118. The van der Waals surface area contributed by atoms with Crippen molar-refractivity contribution in [3.63, 3.8) is 0 Å². The third-order valence-corrected chi connectivity index (χ3v) is 4.99. The van der Waals surface area contributed by atoms with Crippen molar-refractivity contribution in [2.45, 2.75) is 46.5 Å². The molecule has 0 spiro atoms. The topological polar surface area (TPSA) is 58.6 Å². The molecular formula is C23H28N2O3. The van der Waals surface area contributed by atoms with Gasteiger partial charge in [0.1, 0.15) is 5.75 Å². The maximum atomic E-state index is 12.4. The van der Waals surface area contributed by atoms with E-state index in [1.165, 1.54) is 0 Å². The normalized spacial score (nSPS) is 13.9. The zero-order chi connectivity index (χ0) is 20.3. The van der Waals surface area contributed by atoms with E-state index in [1.54, 1.807) is 0 Å². The van der Waals surface area contributed by atoms with Gasteiger partial charge in [-0.3, -0.25) is 9.59 Å². The minimum atomic E-state index is -0.208. The van der Waals surface area contributed by atoms with Gasteiger partial charge in [-0.15, -0.1) is 0 Å². The van der Waals surface area contributed by atoms with E-state index in [9.17, 15) is 9.59 Å². The molecule has 3 rings (SSSR count). The summed E-state index contributed by atoms with van der Waals surface area (Å²) in [5.41, 5.74) is 4.78. The lowest BCUT2D eigenvalue weighted by atomic mass is 10.0. The Balaban J connectivity index is 1.63. The molecular weight excluding hydrogens is 352 g/mol. The fraction of sp³-hybridized carbons (Fsp3) is 0.391.